The highest BCUT2D eigenvalue weighted by molar-refractivity contribution is 5.69. The van der Waals surface area contributed by atoms with Gasteiger partial charge in [0.15, 0.2) is 5.72 Å². The number of rotatable bonds is 7. The van der Waals surface area contributed by atoms with Gasteiger partial charge in [-0.15, -0.1) is 0 Å². The molecule has 0 radical (unpaired) electrons. The van der Waals surface area contributed by atoms with Crippen LogP contribution in [0.15, 0.2) is 0 Å². The molecular weight excluding hydrogens is 214 g/mol. The quantitative estimate of drug-likeness (QED) is 0.548. The van der Waals surface area contributed by atoms with E-state index in [-0.39, 0.29) is 11.7 Å². The van der Waals surface area contributed by atoms with Gasteiger partial charge in [0.2, 0.25) is 0 Å². The number of ether oxygens (including phenoxy) is 1. The van der Waals surface area contributed by atoms with Crippen molar-refractivity contribution >= 4 is 5.97 Å². The Balaban J connectivity index is 1.61. The molecule has 0 aromatic carbocycles. The summed E-state index contributed by atoms with van der Waals surface area (Å²) in [6.45, 7) is 2.20. The second kappa shape index (κ2) is 5.85. The number of fused-ring (bicyclic) bond motifs is 2. The maximum absolute atomic E-state index is 11.8. The molecular formula is C14H25NO2. The maximum Gasteiger partial charge on any atom is 0.307 e. The number of hydrogen-bond donors (Lipinski definition) is 1. The van der Waals surface area contributed by atoms with Gasteiger partial charge in [-0.3, -0.25) is 10.1 Å². The van der Waals surface area contributed by atoms with Crippen LogP contribution in [0.4, 0.5) is 0 Å². The first-order valence-corrected chi connectivity index (χ1v) is 7.24. The van der Waals surface area contributed by atoms with Gasteiger partial charge in [-0.2, -0.15) is 0 Å². The third-order valence-electron chi connectivity index (χ3n) is 4.05. The molecule has 3 heteroatoms. The van der Waals surface area contributed by atoms with E-state index in [4.69, 9.17) is 4.74 Å². The van der Waals surface area contributed by atoms with Crippen LogP contribution in [0.5, 0.6) is 0 Å². The van der Waals surface area contributed by atoms with Crippen LogP contribution in [-0.2, 0) is 9.53 Å². The van der Waals surface area contributed by atoms with Crippen LogP contribution < -0.4 is 5.32 Å². The number of hydrogen-bond acceptors (Lipinski definition) is 3. The molecule has 0 aromatic rings. The fraction of sp³-hybridized carbons (Fsp3) is 0.929. The highest BCUT2D eigenvalue weighted by Gasteiger charge is 2.47. The van der Waals surface area contributed by atoms with Gasteiger partial charge in [-0.1, -0.05) is 32.6 Å². The van der Waals surface area contributed by atoms with Crippen molar-refractivity contribution in [3.63, 3.8) is 0 Å². The fourth-order valence-electron chi connectivity index (χ4n) is 3.02. The second-order valence-corrected chi connectivity index (χ2v) is 5.55. The van der Waals surface area contributed by atoms with Gasteiger partial charge in [-0.25, -0.2) is 0 Å². The molecule has 0 amide bonds. The molecule has 0 aromatic heterocycles. The summed E-state index contributed by atoms with van der Waals surface area (Å²) in [7, 11) is 0. The van der Waals surface area contributed by atoms with E-state index in [2.05, 4.69) is 12.2 Å². The second-order valence-electron chi connectivity index (χ2n) is 5.55. The van der Waals surface area contributed by atoms with Gasteiger partial charge in [0.1, 0.15) is 0 Å². The third kappa shape index (κ3) is 3.44. The molecule has 98 valence electrons. The monoisotopic (exact) mass is 239 g/mol. The van der Waals surface area contributed by atoms with E-state index in [0.717, 1.165) is 25.7 Å². The minimum absolute atomic E-state index is 0.00320. The highest BCUT2D eigenvalue weighted by atomic mass is 16.6. The number of nitrogens with one attached hydrogen (secondary N) is 1. The first-order valence-electron chi connectivity index (χ1n) is 7.24. The van der Waals surface area contributed by atoms with E-state index in [1.807, 2.05) is 0 Å². The van der Waals surface area contributed by atoms with Crippen molar-refractivity contribution in [3.05, 3.63) is 0 Å². The SMILES string of the molecule is CCCCCCCC(=O)OC12CCC(CC1)N2. The standard InChI is InChI=1S/C14H25NO2/c1-2-3-4-5-6-7-13(16)17-14-10-8-12(15-14)9-11-14/h12,15H,2-11H2,1H3. The smallest absolute Gasteiger partial charge is 0.307 e. The predicted octanol–water partition coefficient (Wildman–Crippen LogP) is 3.13. The zero-order valence-corrected chi connectivity index (χ0v) is 11.0. The lowest BCUT2D eigenvalue weighted by Crippen LogP contribution is -2.41. The molecule has 2 bridgehead atoms. The van der Waals surface area contributed by atoms with Crippen LogP contribution in [0.25, 0.3) is 0 Å². The van der Waals surface area contributed by atoms with Crippen molar-refractivity contribution < 1.29 is 9.53 Å². The highest BCUT2D eigenvalue weighted by Crippen LogP contribution is 2.38. The van der Waals surface area contributed by atoms with Crippen LogP contribution in [0.2, 0.25) is 0 Å². The average molecular weight is 239 g/mol. The van der Waals surface area contributed by atoms with Crippen LogP contribution in [-0.4, -0.2) is 17.7 Å². The Morgan fingerprint density at radius 3 is 2.53 bits per heavy atom. The minimum Gasteiger partial charge on any atom is -0.444 e. The summed E-state index contributed by atoms with van der Waals surface area (Å²) in [5.74, 6) is -0.00320. The van der Waals surface area contributed by atoms with Crippen molar-refractivity contribution in [1.29, 1.82) is 0 Å². The van der Waals surface area contributed by atoms with Crippen LogP contribution in [0, 0.1) is 0 Å². The molecule has 0 spiro atoms. The molecule has 0 aliphatic carbocycles. The Labute approximate surface area is 104 Å². The average Bonchev–Trinajstić information content (AvgIpc) is 2.88. The van der Waals surface area contributed by atoms with Gasteiger partial charge in [0, 0.05) is 25.3 Å². The van der Waals surface area contributed by atoms with E-state index >= 15 is 0 Å². The van der Waals surface area contributed by atoms with Crippen LogP contribution in [0.1, 0.15) is 71.1 Å². The largest absolute Gasteiger partial charge is 0.444 e. The Kier molecular flexibility index (Phi) is 4.43. The first-order chi connectivity index (χ1) is 8.24. The molecule has 3 nitrogen and oxygen atoms in total. The molecule has 17 heavy (non-hydrogen) atoms. The summed E-state index contributed by atoms with van der Waals surface area (Å²) in [4.78, 5) is 11.8. The van der Waals surface area contributed by atoms with Crippen molar-refractivity contribution in [2.24, 2.45) is 0 Å². The lowest BCUT2D eigenvalue weighted by molar-refractivity contribution is -0.161. The zero-order chi connectivity index (χ0) is 12.1. The van der Waals surface area contributed by atoms with Crippen molar-refractivity contribution in [2.45, 2.75) is 82.9 Å². The first kappa shape index (κ1) is 12.9. The number of carbonyl (C=O) groups is 1. The molecule has 2 rings (SSSR count). The summed E-state index contributed by atoms with van der Waals surface area (Å²) in [5, 5.41) is 3.44. The van der Waals surface area contributed by atoms with Crippen molar-refractivity contribution in [1.82, 2.24) is 5.32 Å². The lowest BCUT2D eigenvalue weighted by Gasteiger charge is -2.26. The van der Waals surface area contributed by atoms with Crippen LogP contribution >= 0.6 is 0 Å². The van der Waals surface area contributed by atoms with E-state index in [0.29, 0.717) is 12.5 Å². The van der Waals surface area contributed by atoms with E-state index in [1.165, 1.54) is 32.1 Å². The molecule has 2 saturated heterocycles. The maximum atomic E-state index is 11.8. The molecule has 2 aliphatic rings. The van der Waals surface area contributed by atoms with Crippen molar-refractivity contribution in [2.75, 3.05) is 0 Å². The number of unbranched alkanes of at least 4 members (excludes halogenated alkanes) is 4. The van der Waals surface area contributed by atoms with Gasteiger partial charge in [0.05, 0.1) is 0 Å². The molecule has 0 saturated carbocycles. The summed E-state index contributed by atoms with van der Waals surface area (Å²) in [5.41, 5.74) is -0.273. The van der Waals surface area contributed by atoms with Gasteiger partial charge < -0.3 is 4.74 Å². The normalized spacial score (nSPS) is 30.8. The Bertz CT molecular complexity index is 257. The predicted molar refractivity (Wildman–Crippen MR) is 67.6 cm³/mol. The number of carbonyl (C=O) groups excluding carboxylic acids is 1. The van der Waals surface area contributed by atoms with Gasteiger partial charge >= 0.3 is 5.97 Å². The summed E-state index contributed by atoms with van der Waals surface area (Å²) in [6, 6.07) is 0.604. The van der Waals surface area contributed by atoms with Gasteiger partial charge in [-0.05, 0) is 19.3 Å². The van der Waals surface area contributed by atoms with Gasteiger partial charge in [0.25, 0.3) is 0 Å². The van der Waals surface area contributed by atoms with E-state index in [9.17, 15) is 4.79 Å². The van der Waals surface area contributed by atoms with E-state index < -0.39 is 0 Å². The lowest BCUT2D eigenvalue weighted by atomic mass is 9.97. The molecule has 0 atom stereocenters. The molecule has 2 fully saturated rings. The van der Waals surface area contributed by atoms with Crippen LogP contribution in [0.3, 0.4) is 0 Å². The summed E-state index contributed by atoms with van der Waals surface area (Å²) < 4.78 is 5.65. The van der Waals surface area contributed by atoms with Crippen molar-refractivity contribution in [3.8, 4) is 0 Å². The summed E-state index contributed by atoms with van der Waals surface area (Å²) in [6.07, 6.45) is 10.9. The third-order valence-corrected chi connectivity index (χ3v) is 4.05. The fourth-order valence-corrected chi connectivity index (χ4v) is 3.02. The Hall–Kier alpha value is -0.570. The Morgan fingerprint density at radius 1 is 1.24 bits per heavy atom. The minimum atomic E-state index is -0.273. The van der Waals surface area contributed by atoms with E-state index in [1.54, 1.807) is 0 Å². The molecule has 1 N–H and O–H groups in total. The Morgan fingerprint density at radius 2 is 1.94 bits per heavy atom. The zero-order valence-electron chi connectivity index (χ0n) is 11.0. The summed E-state index contributed by atoms with van der Waals surface area (Å²) >= 11 is 0. The number of esters is 1. The molecule has 2 aliphatic heterocycles. The molecule has 2 heterocycles. The topological polar surface area (TPSA) is 38.3 Å². The molecule has 0 unspecified atom stereocenters.